The number of nitrogens with zero attached hydrogens (tertiary/aromatic N) is 3. The van der Waals surface area contributed by atoms with Crippen LogP contribution in [0.3, 0.4) is 0 Å². The van der Waals surface area contributed by atoms with E-state index >= 15 is 0 Å². The number of carbonyl (C=O) groups excluding carboxylic acids is 1. The molecule has 0 aliphatic carbocycles. The highest BCUT2D eigenvalue weighted by atomic mass is 19.1. The third-order valence-electron chi connectivity index (χ3n) is 4.71. The quantitative estimate of drug-likeness (QED) is 0.338. The minimum absolute atomic E-state index is 0.0498. The second-order valence-electron chi connectivity index (χ2n) is 6.57. The van der Waals surface area contributed by atoms with E-state index in [1.807, 2.05) is 30.3 Å². The van der Waals surface area contributed by atoms with Crippen molar-refractivity contribution >= 4 is 11.8 Å². The summed E-state index contributed by atoms with van der Waals surface area (Å²) >= 11 is 0. The van der Waals surface area contributed by atoms with Gasteiger partial charge in [0.05, 0.1) is 5.92 Å². The largest absolute Gasteiger partial charge is 0.461 e. The highest BCUT2D eigenvalue weighted by Gasteiger charge is 2.21. The van der Waals surface area contributed by atoms with Gasteiger partial charge in [0.25, 0.3) is 0 Å². The molecule has 1 unspecified atom stereocenters. The average Bonchev–Trinajstić information content (AvgIpc) is 3.08. The van der Waals surface area contributed by atoms with E-state index in [0.29, 0.717) is 17.0 Å². The Labute approximate surface area is 166 Å². The van der Waals surface area contributed by atoms with Gasteiger partial charge >= 0.3 is 11.8 Å². The Bertz CT molecular complexity index is 1030. The van der Waals surface area contributed by atoms with Crippen molar-refractivity contribution in [2.45, 2.75) is 26.3 Å². The second-order valence-corrected chi connectivity index (χ2v) is 6.57. The molecule has 1 heterocycles. The van der Waals surface area contributed by atoms with Crippen LogP contribution in [-0.2, 0) is 16.1 Å². The molecule has 0 aliphatic heterocycles. The lowest BCUT2D eigenvalue weighted by molar-refractivity contribution is -0.392. The van der Waals surface area contributed by atoms with Crippen molar-refractivity contribution in [1.29, 1.82) is 0 Å². The maximum Gasteiger partial charge on any atom is 0.342 e. The average molecular weight is 397 g/mol. The van der Waals surface area contributed by atoms with Gasteiger partial charge in [0.1, 0.15) is 25.2 Å². The molecular weight excluding hydrogens is 377 g/mol. The molecule has 29 heavy (non-hydrogen) atoms. The molecule has 0 amide bonds. The van der Waals surface area contributed by atoms with Gasteiger partial charge in [-0.3, -0.25) is 4.79 Å². The van der Waals surface area contributed by atoms with Crippen LogP contribution in [0.5, 0.6) is 0 Å². The number of hydrogen-bond acceptors (Lipinski definition) is 5. The van der Waals surface area contributed by atoms with Crippen molar-refractivity contribution in [3.63, 3.8) is 0 Å². The summed E-state index contributed by atoms with van der Waals surface area (Å²) in [5, 5.41) is 11.0. The zero-order valence-electron chi connectivity index (χ0n) is 16.0. The van der Waals surface area contributed by atoms with Gasteiger partial charge in [-0.15, -0.1) is 0 Å². The van der Waals surface area contributed by atoms with Crippen molar-refractivity contribution in [3.8, 4) is 11.1 Å². The Balaban J connectivity index is 1.64. The molecule has 0 spiro atoms. The highest BCUT2D eigenvalue weighted by Crippen LogP contribution is 2.26. The Morgan fingerprint density at radius 2 is 2.00 bits per heavy atom. The molecule has 8 heteroatoms. The number of aryl methyl sites for hydroxylation is 1. The van der Waals surface area contributed by atoms with Gasteiger partial charge < -0.3 is 14.9 Å². The molecule has 0 radical (unpaired) electrons. The van der Waals surface area contributed by atoms with Crippen molar-refractivity contribution < 1.29 is 18.8 Å². The summed E-state index contributed by atoms with van der Waals surface area (Å²) in [4.78, 5) is 26.7. The maximum atomic E-state index is 14.5. The first kappa shape index (κ1) is 20.2. The SMILES string of the molecule is Cc1ncc([N+](=O)[O-])n1CCOC(=O)C(C)c1ccc(-c2ccccc2)c(F)c1. The molecule has 0 aliphatic rings. The second kappa shape index (κ2) is 8.64. The van der Waals surface area contributed by atoms with Crippen molar-refractivity contribution in [2.75, 3.05) is 6.61 Å². The van der Waals surface area contributed by atoms with Crippen molar-refractivity contribution in [1.82, 2.24) is 9.55 Å². The van der Waals surface area contributed by atoms with Gasteiger partial charge in [-0.05, 0) is 29.0 Å². The number of hydrogen-bond donors (Lipinski definition) is 0. The predicted octanol–water partition coefficient (Wildman–Crippen LogP) is 4.25. The first-order valence-corrected chi connectivity index (χ1v) is 9.06. The van der Waals surface area contributed by atoms with Crippen LogP contribution in [0.4, 0.5) is 10.2 Å². The molecule has 0 saturated carbocycles. The number of halogens is 1. The molecule has 0 bridgehead atoms. The molecule has 0 N–H and O–H groups in total. The van der Waals surface area contributed by atoms with E-state index in [9.17, 15) is 19.3 Å². The molecule has 1 atom stereocenters. The lowest BCUT2D eigenvalue weighted by Gasteiger charge is -2.13. The van der Waals surface area contributed by atoms with Crippen molar-refractivity contribution in [2.24, 2.45) is 0 Å². The molecule has 2 aromatic carbocycles. The third kappa shape index (κ3) is 4.48. The highest BCUT2D eigenvalue weighted by molar-refractivity contribution is 5.78. The Morgan fingerprint density at radius 1 is 1.28 bits per heavy atom. The van der Waals surface area contributed by atoms with Gasteiger partial charge in [-0.1, -0.05) is 42.5 Å². The number of imidazole rings is 1. The van der Waals surface area contributed by atoms with Gasteiger partial charge in [-0.25, -0.2) is 13.9 Å². The van der Waals surface area contributed by atoms with Crippen molar-refractivity contribution in [3.05, 3.63) is 82.0 Å². The summed E-state index contributed by atoms with van der Waals surface area (Å²) in [7, 11) is 0. The van der Waals surface area contributed by atoms with E-state index in [2.05, 4.69) is 4.98 Å². The molecule has 3 rings (SSSR count). The Morgan fingerprint density at radius 3 is 2.66 bits per heavy atom. The van der Waals surface area contributed by atoms with Crippen LogP contribution in [0.2, 0.25) is 0 Å². The third-order valence-corrected chi connectivity index (χ3v) is 4.71. The van der Waals surface area contributed by atoms with Crippen LogP contribution in [0.15, 0.2) is 54.7 Å². The summed E-state index contributed by atoms with van der Waals surface area (Å²) in [6.45, 7) is 3.33. The molecule has 150 valence electrons. The smallest absolute Gasteiger partial charge is 0.342 e. The molecule has 0 saturated heterocycles. The van der Waals surface area contributed by atoms with E-state index in [1.165, 1.54) is 10.6 Å². The lowest BCUT2D eigenvalue weighted by Crippen LogP contribution is -2.17. The summed E-state index contributed by atoms with van der Waals surface area (Å²) < 4.78 is 21.1. The van der Waals surface area contributed by atoms with Crippen LogP contribution in [0.25, 0.3) is 11.1 Å². The van der Waals surface area contributed by atoms with Crippen LogP contribution in [0, 0.1) is 22.9 Å². The molecular formula is C21H20FN3O4. The van der Waals surface area contributed by atoms with Gasteiger partial charge in [0, 0.05) is 12.5 Å². The predicted molar refractivity (Wildman–Crippen MR) is 105 cm³/mol. The van der Waals surface area contributed by atoms with Crippen LogP contribution in [-0.4, -0.2) is 27.1 Å². The van der Waals surface area contributed by atoms with Gasteiger partial charge in [0.15, 0.2) is 5.82 Å². The molecule has 7 nitrogen and oxygen atoms in total. The standard InChI is InChI=1S/C21H20FN3O4/c1-14(17-8-9-18(19(22)12-17)16-6-4-3-5-7-16)21(26)29-11-10-24-15(2)23-13-20(24)25(27)28/h3-9,12-14H,10-11H2,1-2H3. The molecule has 1 aromatic heterocycles. The Kier molecular flexibility index (Phi) is 6.01. The van der Waals surface area contributed by atoms with E-state index in [0.717, 1.165) is 11.8 Å². The number of esters is 1. The van der Waals surface area contributed by atoms with Gasteiger partial charge in [0.2, 0.25) is 0 Å². The van der Waals surface area contributed by atoms with Crippen LogP contribution >= 0.6 is 0 Å². The number of rotatable bonds is 7. The molecule has 0 fully saturated rings. The number of ether oxygens (including phenoxy) is 1. The fourth-order valence-corrected chi connectivity index (χ4v) is 3.03. The van der Waals surface area contributed by atoms with E-state index in [-0.39, 0.29) is 19.0 Å². The monoisotopic (exact) mass is 397 g/mol. The number of aromatic nitrogens is 2. The lowest BCUT2D eigenvalue weighted by atomic mass is 9.97. The topological polar surface area (TPSA) is 87.3 Å². The zero-order chi connectivity index (χ0) is 21.0. The van der Waals surface area contributed by atoms with Gasteiger partial charge in [-0.2, -0.15) is 0 Å². The van der Waals surface area contributed by atoms with Crippen LogP contribution < -0.4 is 0 Å². The first-order chi connectivity index (χ1) is 13.9. The number of benzene rings is 2. The normalized spacial score (nSPS) is 11.8. The zero-order valence-corrected chi connectivity index (χ0v) is 16.0. The van der Waals surface area contributed by atoms with Crippen LogP contribution in [0.1, 0.15) is 24.2 Å². The summed E-state index contributed by atoms with van der Waals surface area (Å²) in [6, 6.07) is 13.8. The first-order valence-electron chi connectivity index (χ1n) is 9.06. The molecule has 3 aromatic rings. The summed E-state index contributed by atoms with van der Waals surface area (Å²) in [6.07, 6.45) is 1.16. The van der Waals surface area contributed by atoms with E-state index in [4.69, 9.17) is 4.74 Å². The number of nitro groups is 1. The Hall–Kier alpha value is -3.55. The van der Waals surface area contributed by atoms with E-state index < -0.39 is 22.6 Å². The number of carbonyl (C=O) groups is 1. The van der Waals surface area contributed by atoms with E-state index in [1.54, 1.807) is 26.0 Å². The summed E-state index contributed by atoms with van der Waals surface area (Å²) in [5.74, 6) is -1.33. The maximum absolute atomic E-state index is 14.5. The fourth-order valence-electron chi connectivity index (χ4n) is 3.03. The fraction of sp³-hybridized carbons (Fsp3) is 0.238. The minimum atomic E-state index is -0.673. The minimum Gasteiger partial charge on any atom is -0.461 e. The summed E-state index contributed by atoms with van der Waals surface area (Å²) in [5.41, 5.74) is 1.71.